The van der Waals surface area contributed by atoms with Crippen LogP contribution in [-0.2, 0) is 4.79 Å². The van der Waals surface area contributed by atoms with Gasteiger partial charge in [0.15, 0.2) is 5.82 Å². The summed E-state index contributed by atoms with van der Waals surface area (Å²) in [6, 6.07) is 13.3. The van der Waals surface area contributed by atoms with E-state index in [9.17, 15) is 20.0 Å². The molecule has 2 heterocycles. The first-order valence-corrected chi connectivity index (χ1v) is 11.7. The first kappa shape index (κ1) is 25.5. The van der Waals surface area contributed by atoms with Gasteiger partial charge >= 0.3 is 5.97 Å². The Morgan fingerprint density at radius 3 is 2.32 bits per heavy atom. The molecule has 0 fully saturated rings. The number of aromatic amines is 1. The van der Waals surface area contributed by atoms with Crippen LogP contribution < -0.4 is 9.47 Å². The van der Waals surface area contributed by atoms with Gasteiger partial charge in [0.05, 0.1) is 19.1 Å². The van der Waals surface area contributed by atoms with E-state index in [1.807, 2.05) is 24.5 Å². The van der Waals surface area contributed by atoms with Crippen LogP contribution in [0.2, 0.25) is 0 Å². The van der Waals surface area contributed by atoms with Crippen molar-refractivity contribution in [3.8, 4) is 28.6 Å². The van der Waals surface area contributed by atoms with E-state index in [2.05, 4.69) is 15.2 Å². The number of nitro benzene ring substituents is 1. The lowest BCUT2D eigenvalue weighted by Crippen LogP contribution is -2.00. The van der Waals surface area contributed by atoms with Gasteiger partial charge in [-0.1, -0.05) is 0 Å². The number of aryl methyl sites for hydroxylation is 1. The molecule has 2 N–H and O–H groups in total. The Balaban J connectivity index is 1.63. The van der Waals surface area contributed by atoms with Gasteiger partial charge in [-0.05, 0) is 67.6 Å². The minimum absolute atomic E-state index is 0.00541. The number of benzene rings is 2. The summed E-state index contributed by atoms with van der Waals surface area (Å²) >= 11 is 0.913. The Morgan fingerprint density at radius 1 is 1.11 bits per heavy atom. The summed E-state index contributed by atoms with van der Waals surface area (Å²) in [6.45, 7) is 3.73. The molecule has 0 aliphatic rings. The largest absolute Gasteiger partial charge is 0.497 e. The van der Waals surface area contributed by atoms with Gasteiger partial charge in [-0.3, -0.25) is 15.2 Å². The Bertz CT molecular complexity index is 1480. The number of nitro groups is 1. The third kappa shape index (κ3) is 5.48. The minimum atomic E-state index is -1.13. The van der Waals surface area contributed by atoms with E-state index in [-0.39, 0.29) is 15.7 Å². The van der Waals surface area contributed by atoms with E-state index in [4.69, 9.17) is 9.47 Å². The van der Waals surface area contributed by atoms with Crippen LogP contribution in [0, 0.1) is 24.0 Å². The molecule has 0 saturated carbocycles. The van der Waals surface area contributed by atoms with Crippen LogP contribution in [-0.4, -0.2) is 50.0 Å². The predicted octanol–water partition coefficient (Wildman–Crippen LogP) is 5.02. The van der Waals surface area contributed by atoms with Crippen molar-refractivity contribution in [3.63, 3.8) is 0 Å². The second-order valence-corrected chi connectivity index (χ2v) is 8.93. The molecule has 0 radical (unpaired) electrons. The molecule has 2 aromatic carbocycles. The Hall–Kier alpha value is -4.58. The summed E-state index contributed by atoms with van der Waals surface area (Å²) in [6.07, 6.45) is 1.56. The molecule has 0 unspecified atom stereocenters. The van der Waals surface area contributed by atoms with Crippen LogP contribution in [0.15, 0.2) is 58.6 Å². The number of hydrogen-bond donors (Lipinski definition) is 2. The number of carboxylic acids is 1. The van der Waals surface area contributed by atoms with Gasteiger partial charge in [0.2, 0.25) is 5.16 Å². The number of non-ortho nitro benzene ring substituents is 1. The highest BCUT2D eigenvalue weighted by Crippen LogP contribution is 2.32. The second kappa shape index (κ2) is 10.6. The van der Waals surface area contributed by atoms with Crippen molar-refractivity contribution < 1.29 is 24.3 Å². The third-order valence-corrected chi connectivity index (χ3v) is 6.45. The van der Waals surface area contributed by atoms with Crippen LogP contribution in [0.1, 0.15) is 17.0 Å². The number of nitrogens with one attached hydrogen (secondary N) is 1. The second-order valence-electron chi connectivity index (χ2n) is 7.92. The van der Waals surface area contributed by atoms with Crippen molar-refractivity contribution >= 4 is 29.5 Å². The maximum absolute atomic E-state index is 12.1. The van der Waals surface area contributed by atoms with E-state index < -0.39 is 10.9 Å². The fourth-order valence-corrected chi connectivity index (χ4v) is 4.49. The molecule has 2 aromatic heterocycles. The molecule has 0 saturated heterocycles. The number of ether oxygens (including phenoxy) is 2. The summed E-state index contributed by atoms with van der Waals surface area (Å²) < 4.78 is 12.5. The summed E-state index contributed by atoms with van der Waals surface area (Å²) in [4.78, 5) is 27.0. The summed E-state index contributed by atoms with van der Waals surface area (Å²) in [5, 5.41) is 28.1. The van der Waals surface area contributed by atoms with Gasteiger partial charge in [-0.25, -0.2) is 9.78 Å². The zero-order valence-corrected chi connectivity index (χ0v) is 21.2. The fraction of sp³-hybridized carbons (Fsp3) is 0.160. The maximum Gasteiger partial charge on any atom is 0.342 e. The molecule has 11 nitrogen and oxygen atoms in total. The molecule has 37 heavy (non-hydrogen) atoms. The number of nitrogens with zero attached hydrogens (tertiary/aromatic N) is 4. The van der Waals surface area contributed by atoms with Crippen molar-refractivity contribution in [2.24, 2.45) is 0 Å². The number of methoxy groups -OCH3 is 2. The Morgan fingerprint density at radius 2 is 1.76 bits per heavy atom. The molecule has 190 valence electrons. The van der Waals surface area contributed by atoms with Crippen molar-refractivity contribution in [3.05, 3.63) is 80.5 Å². The summed E-state index contributed by atoms with van der Waals surface area (Å²) in [7, 11) is 3.09. The minimum Gasteiger partial charge on any atom is -0.497 e. The lowest BCUT2D eigenvalue weighted by Gasteiger charge is -2.09. The molecular formula is C25H23N5O6S. The average molecular weight is 522 g/mol. The van der Waals surface area contributed by atoms with E-state index in [0.29, 0.717) is 28.5 Å². The van der Waals surface area contributed by atoms with Crippen LogP contribution in [0.4, 0.5) is 5.69 Å². The highest BCUT2D eigenvalue weighted by molar-refractivity contribution is 8.04. The number of carboxylic acid groups (broad SMARTS) is 1. The SMILES string of the molecule is COc1cc(OC)cc(-c2nc(S/C(=C\c3cc(C)n(-c4ccc([N+](=O)[O-])cc4)c3C)C(=O)O)n[nH]2)c1. The van der Waals surface area contributed by atoms with Crippen molar-refractivity contribution in [1.29, 1.82) is 0 Å². The normalized spacial score (nSPS) is 11.4. The van der Waals surface area contributed by atoms with E-state index in [0.717, 1.165) is 28.8 Å². The lowest BCUT2D eigenvalue weighted by molar-refractivity contribution is -0.384. The van der Waals surface area contributed by atoms with Gasteiger partial charge in [0, 0.05) is 40.8 Å². The van der Waals surface area contributed by atoms with Gasteiger partial charge in [-0.2, -0.15) is 0 Å². The quantitative estimate of drug-likeness (QED) is 0.134. The molecular weight excluding hydrogens is 498 g/mol. The van der Waals surface area contributed by atoms with Crippen molar-refractivity contribution in [2.75, 3.05) is 14.2 Å². The highest BCUT2D eigenvalue weighted by Gasteiger charge is 2.18. The summed E-state index contributed by atoms with van der Waals surface area (Å²) in [5.74, 6) is 0.462. The number of carbonyl (C=O) groups is 1. The first-order chi connectivity index (χ1) is 17.7. The van der Waals surface area contributed by atoms with Crippen LogP contribution in [0.25, 0.3) is 23.2 Å². The standard InChI is InChI=1S/C25H23N5O6S/c1-14-9-16(15(2)29(14)18-5-7-19(8-6-18)30(33)34)12-22(24(31)32)37-25-26-23(27-28-25)17-10-20(35-3)13-21(11-17)36-4/h5-13H,1-4H3,(H,31,32)(H,26,27,28)/b22-12-. The van der Waals surface area contributed by atoms with E-state index >= 15 is 0 Å². The third-order valence-electron chi connectivity index (χ3n) is 5.58. The number of H-pyrrole nitrogens is 1. The van der Waals surface area contributed by atoms with Gasteiger partial charge in [0.25, 0.3) is 5.69 Å². The Kier molecular flexibility index (Phi) is 7.30. The first-order valence-electron chi connectivity index (χ1n) is 10.9. The average Bonchev–Trinajstić information content (AvgIpc) is 3.47. The fourth-order valence-electron chi connectivity index (χ4n) is 3.79. The number of aromatic nitrogens is 4. The summed E-state index contributed by atoms with van der Waals surface area (Å²) in [5.41, 5.74) is 3.72. The van der Waals surface area contributed by atoms with Crippen LogP contribution in [0.5, 0.6) is 11.5 Å². The zero-order chi connectivity index (χ0) is 26.7. The van der Waals surface area contributed by atoms with Gasteiger partial charge in [0.1, 0.15) is 16.4 Å². The molecule has 0 spiro atoms. The van der Waals surface area contributed by atoms with Gasteiger partial charge < -0.3 is 19.1 Å². The predicted molar refractivity (Wildman–Crippen MR) is 138 cm³/mol. The van der Waals surface area contributed by atoms with Crippen LogP contribution >= 0.6 is 11.8 Å². The molecule has 0 bridgehead atoms. The maximum atomic E-state index is 12.1. The molecule has 0 aliphatic heterocycles. The van der Waals surface area contributed by atoms with Gasteiger partial charge in [-0.15, -0.1) is 5.10 Å². The van der Waals surface area contributed by atoms with E-state index in [1.54, 1.807) is 50.6 Å². The van der Waals surface area contributed by atoms with E-state index in [1.165, 1.54) is 12.1 Å². The number of rotatable bonds is 9. The smallest absolute Gasteiger partial charge is 0.342 e. The molecule has 4 rings (SSSR count). The zero-order valence-electron chi connectivity index (χ0n) is 20.4. The number of thioether (sulfide) groups is 1. The van der Waals surface area contributed by atoms with Crippen LogP contribution in [0.3, 0.4) is 0 Å². The molecule has 0 atom stereocenters. The monoisotopic (exact) mass is 521 g/mol. The molecule has 0 aliphatic carbocycles. The van der Waals surface area contributed by atoms with Crippen molar-refractivity contribution in [1.82, 2.24) is 19.7 Å². The lowest BCUT2D eigenvalue weighted by atomic mass is 10.2. The topological polar surface area (TPSA) is 145 Å². The molecule has 4 aromatic rings. The highest BCUT2D eigenvalue weighted by atomic mass is 32.2. The number of hydrogen-bond acceptors (Lipinski definition) is 8. The van der Waals surface area contributed by atoms with Crippen molar-refractivity contribution in [2.45, 2.75) is 19.0 Å². The number of aliphatic carboxylic acids is 1. The Labute approximate surface area is 215 Å². The molecule has 12 heteroatoms. The molecule has 0 amide bonds.